The number of rotatable bonds is 6. The molecular formula is C14H25NO2. The second-order valence-corrected chi connectivity index (χ2v) is 5.89. The van der Waals surface area contributed by atoms with Crippen LogP contribution in [0.4, 0.5) is 0 Å². The Labute approximate surface area is 104 Å². The van der Waals surface area contributed by atoms with E-state index in [0.717, 1.165) is 24.9 Å². The number of hydrogen-bond donors (Lipinski definition) is 1. The fourth-order valence-electron chi connectivity index (χ4n) is 3.51. The van der Waals surface area contributed by atoms with Crippen molar-refractivity contribution >= 4 is 5.97 Å². The maximum atomic E-state index is 10.9. The van der Waals surface area contributed by atoms with Crippen molar-refractivity contribution in [3.05, 3.63) is 0 Å². The van der Waals surface area contributed by atoms with Crippen LogP contribution in [0.25, 0.3) is 0 Å². The molecule has 0 heterocycles. The molecule has 1 N–H and O–H groups in total. The van der Waals surface area contributed by atoms with Crippen molar-refractivity contribution in [2.24, 2.45) is 11.8 Å². The maximum Gasteiger partial charge on any atom is 0.317 e. The van der Waals surface area contributed by atoms with Gasteiger partial charge in [0.1, 0.15) is 0 Å². The van der Waals surface area contributed by atoms with Crippen molar-refractivity contribution in [2.75, 3.05) is 19.6 Å². The standard InChI is InChI=1S/C14H25NO2/c16-14(17)11-15(9-12-5-1-2-6-12)10-13-7-3-4-8-13/h12-13H,1-11H2,(H,16,17). The molecule has 3 nitrogen and oxygen atoms in total. The van der Waals surface area contributed by atoms with E-state index in [4.69, 9.17) is 5.11 Å². The van der Waals surface area contributed by atoms with Gasteiger partial charge in [0.05, 0.1) is 6.54 Å². The van der Waals surface area contributed by atoms with E-state index < -0.39 is 5.97 Å². The summed E-state index contributed by atoms with van der Waals surface area (Å²) >= 11 is 0. The van der Waals surface area contributed by atoms with Gasteiger partial charge in [-0.1, -0.05) is 25.7 Å². The molecule has 2 rings (SSSR count). The molecule has 0 aromatic rings. The molecule has 17 heavy (non-hydrogen) atoms. The molecule has 0 unspecified atom stereocenters. The largest absolute Gasteiger partial charge is 0.480 e. The molecule has 2 aliphatic carbocycles. The molecule has 98 valence electrons. The third-order valence-electron chi connectivity index (χ3n) is 4.34. The van der Waals surface area contributed by atoms with Crippen LogP contribution in [0.1, 0.15) is 51.4 Å². The molecule has 0 bridgehead atoms. The summed E-state index contributed by atoms with van der Waals surface area (Å²) in [4.78, 5) is 13.1. The van der Waals surface area contributed by atoms with E-state index in [0.29, 0.717) is 0 Å². The third-order valence-corrected chi connectivity index (χ3v) is 4.34. The van der Waals surface area contributed by atoms with Gasteiger partial charge in [-0.2, -0.15) is 0 Å². The number of hydrogen-bond acceptors (Lipinski definition) is 2. The number of carboxylic acid groups (broad SMARTS) is 1. The van der Waals surface area contributed by atoms with Crippen molar-refractivity contribution in [2.45, 2.75) is 51.4 Å². The highest BCUT2D eigenvalue weighted by molar-refractivity contribution is 5.69. The summed E-state index contributed by atoms with van der Waals surface area (Å²) in [6.45, 7) is 2.28. The first-order valence-electron chi connectivity index (χ1n) is 7.18. The Kier molecular flexibility index (Phi) is 4.84. The van der Waals surface area contributed by atoms with Gasteiger partial charge < -0.3 is 5.11 Å². The van der Waals surface area contributed by atoms with Gasteiger partial charge in [0.2, 0.25) is 0 Å². The number of carbonyl (C=O) groups is 1. The Morgan fingerprint density at radius 2 is 1.35 bits per heavy atom. The van der Waals surface area contributed by atoms with Gasteiger partial charge in [-0.3, -0.25) is 9.69 Å². The smallest absolute Gasteiger partial charge is 0.317 e. The quantitative estimate of drug-likeness (QED) is 0.775. The van der Waals surface area contributed by atoms with Crippen LogP contribution in [0.15, 0.2) is 0 Å². The third kappa shape index (κ3) is 4.30. The predicted octanol–water partition coefficient (Wildman–Crippen LogP) is 2.75. The highest BCUT2D eigenvalue weighted by Crippen LogP contribution is 2.28. The lowest BCUT2D eigenvalue weighted by Gasteiger charge is -2.26. The second kappa shape index (κ2) is 6.39. The molecule has 0 aromatic heterocycles. The van der Waals surface area contributed by atoms with Crippen molar-refractivity contribution in [3.8, 4) is 0 Å². The normalized spacial score (nSPS) is 22.6. The zero-order chi connectivity index (χ0) is 12.1. The van der Waals surface area contributed by atoms with E-state index in [1.54, 1.807) is 0 Å². The van der Waals surface area contributed by atoms with Gasteiger partial charge in [-0.15, -0.1) is 0 Å². The first-order chi connectivity index (χ1) is 8.24. The van der Waals surface area contributed by atoms with Crippen molar-refractivity contribution in [1.82, 2.24) is 4.90 Å². The Hall–Kier alpha value is -0.570. The zero-order valence-corrected chi connectivity index (χ0v) is 10.7. The highest BCUT2D eigenvalue weighted by Gasteiger charge is 2.23. The molecule has 0 aliphatic heterocycles. The highest BCUT2D eigenvalue weighted by atomic mass is 16.4. The molecule has 0 saturated heterocycles. The Morgan fingerprint density at radius 1 is 0.941 bits per heavy atom. The fourth-order valence-corrected chi connectivity index (χ4v) is 3.51. The van der Waals surface area contributed by atoms with Crippen LogP contribution in [-0.4, -0.2) is 35.6 Å². The van der Waals surface area contributed by atoms with Gasteiger partial charge in [0.25, 0.3) is 0 Å². The van der Waals surface area contributed by atoms with E-state index in [1.165, 1.54) is 51.4 Å². The lowest BCUT2D eigenvalue weighted by molar-refractivity contribution is -0.138. The molecule has 0 aromatic carbocycles. The number of nitrogens with zero attached hydrogens (tertiary/aromatic N) is 1. The van der Waals surface area contributed by atoms with E-state index in [1.807, 2.05) is 0 Å². The van der Waals surface area contributed by atoms with Gasteiger partial charge in [-0.25, -0.2) is 0 Å². The predicted molar refractivity (Wildman–Crippen MR) is 68.0 cm³/mol. The summed E-state index contributed by atoms with van der Waals surface area (Å²) in [5.74, 6) is 0.854. The van der Waals surface area contributed by atoms with Crippen LogP contribution < -0.4 is 0 Å². The molecule has 2 fully saturated rings. The van der Waals surface area contributed by atoms with Crippen LogP contribution in [-0.2, 0) is 4.79 Å². The van der Waals surface area contributed by atoms with Crippen LogP contribution in [0, 0.1) is 11.8 Å². The summed E-state index contributed by atoms with van der Waals surface area (Å²) in [7, 11) is 0. The van der Waals surface area contributed by atoms with Gasteiger partial charge in [0.15, 0.2) is 0 Å². The van der Waals surface area contributed by atoms with Crippen LogP contribution in [0.2, 0.25) is 0 Å². The first kappa shape index (κ1) is 12.9. The minimum Gasteiger partial charge on any atom is -0.480 e. The lowest BCUT2D eigenvalue weighted by Crippen LogP contribution is -2.36. The Balaban J connectivity index is 1.80. The summed E-state index contributed by atoms with van der Waals surface area (Å²) in [5.41, 5.74) is 0. The minimum absolute atomic E-state index is 0.243. The van der Waals surface area contributed by atoms with E-state index in [2.05, 4.69) is 4.90 Å². The Morgan fingerprint density at radius 3 is 1.71 bits per heavy atom. The molecule has 0 radical (unpaired) electrons. The number of carboxylic acids is 1. The fraction of sp³-hybridized carbons (Fsp3) is 0.929. The van der Waals surface area contributed by atoms with Gasteiger partial charge in [0, 0.05) is 13.1 Å². The molecular weight excluding hydrogens is 214 g/mol. The zero-order valence-electron chi connectivity index (χ0n) is 10.7. The van der Waals surface area contributed by atoms with Crippen molar-refractivity contribution in [3.63, 3.8) is 0 Å². The van der Waals surface area contributed by atoms with Crippen LogP contribution in [0.3, 0.4) is 0 Å². The maximum absolute atomic E-state index is 10.9. The van der Waals surface area contributed by atoms with Gasteiger partial charge in [-0.05, 0) is 37.5 Å². The summed E-state index contributed by atoms with van der Waals surface area (Å²) in [6.07, 6.45) is 10.6. The second-order valence-electron chi connectivity index (χ2n) is 5.89. The number of aliphatic carboxylic acids is 1. The summed E-state index contributed by atoms with van der Waals surface area (Å²) in [6, 6.07) is 0. The Bertz CT molecular complexity index is 225. The lowest BCUT2D eigenvalue weighted by atomic mass is 10.0. The minimum atomic E-state index is -0.666. The molecule has 2 saturated carbocycles. The van der Waals surface area contributed by atoms with Gasteiger partial charge >= 0.3 is 5.97 Å². The average Bonchev–Trinajstić information content (AvgIpc) is 2.89. The molecule has 3 heteroatoms. The monoisotopic (exact) mass is 239 g/mol. The molecule has 0 amide bonds. The van der Waals surface area contributed by atoms with Crippen molar-refractivity contribution in [1.29, 1.82) is 0 Å². The SMILES string of the molecule is O=C(O)CN(CC1CCCC1)CC1CCCC1. The summed E-state index contributed by atoms with van der Waals surface area (Å²) < 4.78 is 0. The van der Waals surface area contributed by atoms with E-state index >= 15 is 0 Å². The molecule has 0 atom stereocenters. The van der Waals surface area contributed by atoms with Crippen LogP contribution >= 0.6 is 0 Å². The molecule has 0 spiro atoms. The average molecular weight is 239 g/mol. The summed E-state index contributed by atoms with van der Waals surface area (Å²) in [5, 5.41) is 8.99. The first-order valence-corrected chi connectivity index (χ1v) is 7.18. The van der Waals surface area contributed by atoms with E-state index in [-0.39, 0.29) is 6.54 Å². The molecule has 2 aliphatic rings. The van der Waals surface area contributed by atoms with Crippen LogP contribution in [0.5, 0.6) is 0 Å². The van der Waals surface area contributed by atoms with E-state index in [9.17, 15) is 4.79 Å². The van der Waals surface area contributed by atoms with Crippen molar-refractivity contribution < 1.29 is 9.90 Å². The topological polar surface area (TPSA) is 40.5 Å².